The minimum Gasteiger partial charge on any atom is -0.494 e. The number of amides is 2. The number of carbonyl (C=O) groups excluding carboxylic acids is 2. The molecule has 0 aliphatic carbocycles. The van der Waals surface area contributed by atoms with E-state index < -0.39 is 0 Å². The highest BCUT2D eigenvalue weighted by atomic mass is 16.6. The standard InChI is InChI=1S/C25H32N2O4/c1-6-13-31-21-11-9-19(10-12-21)24(28)26-16-20(7-2)27(25(29)30-8-3)23-15-18(5)17(4)14-22(23)26/h9-12,14-15,20H,6-8,13,16H2,1-5H3. The molecule has 3 rings (SSSR count). The largest absolute Gasteiger partial charge is 0.494 e. The summed E-state index contributed by atoms with van der Waals surface area (Å²) in [5.74, 6) is 0.664. The number of carbonyl (C=O) groups is 2. The van der Waals surface area contributed by atoms with Crippen molar-refractivity contribution < 1.29 is 19.1 Å². The number of rotatable bonds is 6. The monoisotopic (exact) mass is 424 g/mol. The van der Waals surface area contributed by atoms with E-state index in [4.69, 9.17) is 9.47 Å². The molecule has 1 aliphatic rings. The first kappa shape index (κ1) is 22.7. The Bertz CT molecular complexity index is 939. The van der Waals surface area contributed by atoms with Crippen LogP contribution in [0.3, 0.4) is 0 Å². The Hall–Kier alpha value is -3.02. The SMILES string of the molecule is CCCOc1ccc(C(=O)N2CC(CC)N(C(=O)OCC)c3cc(C)c(C)cc32)cc1. The van der Waals surface area contributed by atoms with Gasteiger partial charge >= 0.3 is 6.09 Å². The fraction of sp³-hybridized carbons (Fsp3) is 0.440. The van der Waals surface area contributed by atoms with Crippen molar-refractivity contribution in [2.45, 2.75) is 53.5 Å². The van der Waals surface area contributed by atoms with Crippen molar-refractivity contribution in [3.05, 3.63) is 53.1 Å². The Labute approximate surface area is 184 Å². The molecule has 31 heavy (non-hydrogen) atoms. The van der Waals surface area contributed by atoms with Gasteiger partial charge in [-0.05, 0) is 81.1 Å². The third-order valence-electron chi connectivity index (χ3n) is 5.65. The first-order chi connectivity index (χ1) is 14.9. The number of ether oxygens (including phenoxy) is 2. The Balaban J connectivity index is 2.00. The smallest absolute Gasteiger partial charge is 0.414 e. The van der Waals surface area contributed by atoms with Crippen LogP contribution >= 0.6 is 0 Å². The van der Waals surface area contributed by atoms with Crippen molar-refractivity contribution in [1.82, 2.24) is 0 Å². The van der Waals surface area contributed by atoms with Crippen LogP contribution in [0.15, 0.2) is 36.4 Å². The molecule has 0 N–H and O–H groups in total. The van der Waals surface area contributed by atoms with E-state index in [0.29, 0.717) is 31.7 Å². The van der Waals surface area contributed by atoms with Gasteiger partial charge in [0.1, 0.15) is 5.75 Å². The molecule has 0 bridgehead atoms. The summed E-state index contributed by atoms with van der Waals surface area (Å²) in [5, 5.41) is 0. The van der Waals surface area contributed by atoms with Gasteiger partial charge in [-0.2, -0.15) is 0 Å². The second kappa shape index (κ2) is 9.86. The molecule has 0 aromatic heterocycles. The maximum atomic E-state index is 13.5. The van der Waals surface area contributed by atoms with Crippen molar-refractivity contribution in [3.8, 4) is 5.75 Å². The first-order valence-electron chi connectivity index (χ1n) is 11.0. The molecule has 0 fully saturated rings. The highest BCUT2D eigenvalue weighted by molar-refractivity contribution is 6.10. The fourth-order valence-electron chi connectivity index (χ4n) is 3.80. The van der Waals surface area contributed by atoms with Gasteiger partial charge in [0, 0.05) is 12.1 Å². The summed E-state index contributed by atoms with van der Waals surface area (Å²) in [6, 6.07) is 11.1. The number of hydrogen-bond acceptors (Lipinski definition) is 4. The molecule has 6 nitrogen and oxygen atoms in total. The molecule has 6 heteroatoms. The van der Waals surface area contributed by atoms with E-state index in [1.807, 2.05) is 45.0 Å². The fourth-order valence-corrected chi connectivity index (χ4v) is 3.80. The van der Waals surface area contributed by atoms with Gasteiger partial charge < -0.3 is 14.4 Å². The minimum atomic E-state index is -0.372. The predicted octanol–water partition coefficient (Wildman–Crippen LogP) is 5.49. The topological polar surface area (TPSA) is 59.1 Å². The van der Waals surface area contributed by atoms with E-state index in [9.17, 15) is 9.59 Å². The van der Waals surface area contributed by atoms with Gasteiger partial charge in [-0.1, -0.05) is 13.8 Å². The molecule has 0 spiro atoms. The molecule has 166 valence electrons. The number of benzene rings is 2. The van der Waals surface area contributed by atoms with Crippen molar-refractivity contribution >= 4 is 23.4 Å². The number of aryl methyl sites for hydroxylation is 2. The molecule has 1 aliphatic heterocycles. The summed E-state index contributed by atoms with van der Waals surface area (Å²) in [5.41, 5.74) is 4.17. The lowest BCUT2D eigenvalue weighted by Gasteiger charge is -2.42. The summed E-state index contributed by atoms with van der Waals surface area (Å²) < 4.78 is 11.0. The lowest BCUT2D eigenvalue weighted by molar-refractivity contribution is 0.0981. The van der Waals surface area contributed by atoms with E-state index in [2.05, 4.69) is 6.92 Å². The summed E-state index contributed by atoms with van der Waals surface area (Å²) >= 11 is 0. The molecule has 1 heterocycles. The van der Waals surface area contributed by atoms with Gasteiger partial charge in [0.05, 0.1) is 30.6 Å². The second-order valence-electron chi connectivity index (χ2n) is 7.84. The molecule has 1 unspecified atom stereocenters. The average molecular weight is 425 g/mol. The van der Waals surface area contributed by atoms with Crippen LogP contribution in [-0.2, 0) is 4.74 Å². The number of nitrogens with zero attached hydrogens (tertiary/aromatic N) is 2. The lowest BCUT2D eigenvalue weighted by atomic mass is 9.99. The van der Waals surface area contributed by atoms with E-state index >= 15 is 0 Å². The van der Waals surface area contributed by atoms with Gasteiger partial charge in [0.15, 0.2) is 0 Å². The quantitative estimate of drug-likeness (QED) is 0.615. The Kier molecular flexibility index (Phi) is 7.21. The molecule has 0 radical (unpaired) electrons. The third-order valence-corrected chi connectivity index (χ3v) is 5.65. The molecule has 1 atom stereocenters. The van der Waals surface area contributed by atoms with Crippen LogP contribution in [0, 0.1) is 13.8 Å². The van der Waals surface area contributed by atoms with Gasteiger partial charge in [-0.3, -0.25) is 9.69 Å². The van der Waals surface area contributed by atoms with Crippen molar-refractivity contribution in [3.63, 3.8) is 0 Å². The van der Waals surface area contributed by atoms with Crippen molar-refractivity contribution in [1.29, 1.82) is 0 Å². The van der Waals surface area contributed by atoms with Crippen LogP contribution in [0.1, 0.15) is 55.1 Å². The van der Waals surface area contributed by atoms with Crippen molar-refractivity contribution in [2.75, 3.05) is 29.6 Å². The van der Waals surface area contributed by atoms with E-state index in [1.165, 1.54) is 0 Å². The Morgan fingerprint density at radius 2 is 1.65 bits per heavy atom. The Morgan fingerprint density at radius 1 is 1.00 bits per heavy atom. The lowest BCUT2D eigenvalue weighted by Crippen LogP contribution is -2.53. The second-order valence-corrected chi connectivity index (χ2v) is 7.84. The minimum absolute atomic E-state index is 0.0893. The maximum Gasteiger partial charge on any atom is 0.414 e. The molecular weight excluding hydrogens is 392 g/mol. The average Bonchev–Trinajstić information content (AvgIpc) is 2.77. The molecule has 2 aromatic rings. The van der Waals surface area contributed by atoms with Gasteiger partial charge in [0.2, 0.25) is 0 Å². The van der Waals surface area contributed by atoms with Crippen LogP contribution in [-0.4, -0.2) is 37.8 Å². The normalized spacial score (nSPS) is 15.5. The summed E-state index contributed by atoms with van der Waals surface area (Å²) in [6.07, 6.45) is 1.27. The number of anilines is 2. The van der Waals surface area contributed by atoms with Crippen LogP contribution in [0.4, 0.5) is 16.2 Å². The first-order valence-corrected chi connectivity index (χ1v) is 11.0. The predicted molar refractivity (Wildman–Crippen MR) is 123 cm³/mol. The highest BCUT2D eigenvalue weighted by Crippen LogP contribution is 2.39. The maximum absolute atomic E-state index is 13.5. The number of hydrogen-bond donors (Lipinski definition) is 0. The van der Waals surface area contributed by atoms with Gasteiger partial charge in [0.25, 0.3) is 5.91 Å². The zero-order valence-electron chi connectivity index (χ0n) is 19.1. The zero-order valence-corrected chi connectivity index (χ0v) is 19.1. The van der Waals surface area contributed by atoms with Crippen LogP contribution < -0.4 is 14.5 Å². The zero-order chi connectivity index (χ0) is 22.5. The van der Waals surface area contributed by atoms with Crippen LogP contribution in [0.25, 0.3) is 0 Å². The molecule has 2 amide bonds. The van der Waals surface area contributed by atoms with Gasteiger partial charge in [-0.15, -0.1) is 0 Å². The summed E-state index contributed by atoms with van der Waals surface area (Å²) in [6.45, 7) is 11.3. The summed E-state index contributed by atoms with van der Waals surface area (Å²) in [4.78, 5) is 29.8. The van der Waals surface area contributed by atoms with Crippen LogP contribution in [0.2, 0.25) is 0 Å². The van der Waals surface area contributed by atoms with E-state index in [-0.39, 0.29) is 18.0 Å². The van der Waals surface area contributed by atoms with E-state index in [0.717, 1.165) is 34.7 Å². The van der Waals surface area contributed by atoms with Crippen LogP contribution in [0.5, 0.6) is 5.75 Å². The highest BCUT2D eigenvalue weighted by Gasteiger charge is 2.37. The van der Waals surface area contributed by atoms with Gasteiger partial charge in [-0.25, -0.2) is 4.79 Å². The Morgan fingerprint density at radius 3 is 2.23 bits per heavy atom. The number of fused-ring (bicyclic) bond motifs is 1. The summed E-state index contributed by atoms with van der Waals surface area (Å²) in [7, 11) is 0. The third kappa shape index (κ3) is 4.68. The van der Waals surface area contributed by atoms with E-state index in [1.54, 1.807) is 28.9 Å². The molecule has 0 saturated heterocycles. The molecule has 0 saturated carbocycles. The molecule has 2 aromatic carbocycles. The molecular formula is C25H32N2O4. The van der Waals surface area contributed by atoms with Crippen molar-refractivity contribution in [2.24, 2.45) is 0 Å².